The Bertz CT molecular complexity index is 140. The summed E-state index contributed by atoms with van der Waals surface area (Å²) >= 11 is 0. The fourth-order valence-electron chi connectivity index (χ4n) is 2.98. The van der Waals surface area contributed by atoms with Crippen LogP contribution in [0.1, 0.15) is 105 Å². The van der Waals surface area contributed by atoms with Crippen LogP contribution in [0.15, 0.2) is 0 Å². The minimum atomic E-state index is 0.963. The first-order chi connectivity index (χ1) is 8.76. The van der Waals surface area contributed by atoms with Crippen molar-refractivity contribution in [2.45, 2.75) is 105 Å². The van der Waals surface area contributed by atoms with E-state index in [0.29, 0.717) is 0 Å². The zero-order valence-corrected chi connectivity index (χ0v) is 13.6. The van der Waals surface area contributed by atoms with Crippen molar-refractivity contribution in [2.24, 2.45) is 11.8 Å². The highest BCUT2D eigenvalue weighted by Crippen LogP contribution is 2.28. The lowest BCUT2D eigenvalue weighted by Crippen LogP contribution is -2.12. The molecule has 0 aliphatic rings. The van der Waals surface area contributed by atoms with Crippen LogP contribution in [0, 0.1) is 11.8 Å². The lowest BCUT2D eigenvalue weighted by molar-refractivity contribution is 0.276. The van der Waals surface area contributed by atoms with Crippen molar-refractivity contribution in [3.05, 3.63) is 0 Å². The first-order valence-corrected chi connectivity index (χ1v) is 8.76. The Morgan fingerprint density at radius 3 is 1.33 bits per heavy atom. The molecular formula is C18H38. The summed E-state index contributed by atoms with van der Waals surface area (Å²) < 4.78 is 0. The highest BCUT2D eigenvalue weighted by Gasteiger charge is 2.16. The van der Waals surface area contributed by atoms with Gasteiger partial charge in [-0.25, -0.2) is 0 Å². The van der Waals surface area contributed by atoms with E-state index in [1.807, 2.05) is 0 Å². The average molecular weight is 255 g/mol. The molecule has 0 bridgehead atoms. The average Bonchev–Trinajstić information content (AvgIpc) is 2.37. The largest absolute Gasteiger partial charge is 0.0654 e. The van der Waals surface area contributed by atoms with E-state index in [0.717, 1.165) is 11.8 Å². The molecule has 0 radical (unpaired) electrons. The predicted octanol–water partition coefficient (Wildman–Crippen LogP) is 6.98. The second-order valence-corrected chi connectivity index (χ2v) is 6.22. The van der Waals surface area contributed by atoms with Gasteiger partial charge in [-0.2, -0.15) is 0 Å². The fourth-order valence-corrected chi connectivity index (χ4v) is 2.98. The third kappa shape index (κ3) is 9.97. The van der Waals surface area contributed by atoms with Gasteiger partial charge >= 0.3 is 0 Å². The minimum absolute atomic E-state index is 0.963. The van der Waals surface area contributed by atoms with Gasteiger partial charge in [-0.3, -0.25) is 0 Å². The van der Waals surface area contributed by atoms with E-state index in [-0.39, 0.29) is 0 Å². The Morgan fingerprint density at radius 2 is 0.944 bits per heavy atom. The van der Waals surface area contributed by atoms with Gasteiger partial charge in [0.05, 0.1) is 0 Å². The van der Waals surface area contributed by atoms with Crippen LogP contribution in [0.25, 0.3) is 0 Å². The van der Waals surface area contributed by atoms with Crippen molar-refractivity contribution in [1.82, 2.24) is 0 Å². The van der Waals surface area contributed by atoms with Crippen LogP contribution in [0.3, 0.4) is 0 Å². The van der Waals surface area contributed by atoms with Crippen molar-refractivity contribution in [3.8, 4) is 0 Å². The topological polar surface area (TPSA) is 0 Å². The molecule has 1 unspecified atom stereocenters. The minimum Gasteiger partial charge on any atom is -0.0654 e. The van der Waals surface area contributed by atoms with E-state index in [1.165, 1.54) is 77.0 Å². The molecule has 0 spiro atoms. The molecule has 0 N–H and O–H groups in total. The van der Waals surface area contributed by atoms with E-state index in [2.05, 4.69) is 27.7 Å². The van der Waals surface area contributed by atoms with Crippen LogP contribution in [-0.2, 0) is 0 Å². The van der Waals surface area contributed by atoms with E-state index >= 15 is 0 Å². The van der Waals surface area contributed by atoms with Crippen molar-refractivity contribution >= 4 is 0 Å². The summed E-state index contributed by atoms with van der Waals surface area (Å²) in [7, 11) is 0. The summed E-state index contributed by atoms with van der Waals surface area (Å²) in [6.07, 6.45) is 17.2. The normalized spacial score (nSPS) is 13.2. The van der Waals surface area contributed by atoms with Gasteiger partial charge in [0, 0.05) is 0 Å². The van der Waals surface area contributed by atoms with Crippen LogP contribution in [0.4, 0.5) is 0 Å². The molecule has 0 aromatic carbocycles. The molecule has 0 rings (SSSR count). The summed E-state index contributed by atoms with van der Waals surface area (Å²) in [5.74, 6) is 1.98. The van der Waals surface area contributed by atoms with E-state index in [9.17, 15) is 0 Å². The first kappa shape index (κ1) is 18.0. The molecule has 0 heterocycles. The predicted molar refractivity (Wildman–Crippen MR) is 85.1 cm³/mol. The van der Waals surface area contributed by atoms with Crippen LogP contribution in [0.5, 0.6) is 0 Å². The lowest BCUT2D eigenvalue weighted by Gasteiger charge is -2.24. The Morgan fingerprint density at radius 1 is 0.556 bits per heavy atom. The highest BCUT2D eigenvalue weighted by molar-refractivity contribution is 4.67. The Kier molecular flexibility index (Phi) is 13.4. The van der Waals surface area contributed by atoms with E-state index in [1.54, 1.807) is 0 Å². The molecule has 0 aliphatic heterocycles. The number of rotatable bonds is 13. The molecule has 0 amide bonds. The molecule has 0 aliphatic carbocycles. The Balaban J connectivity index is 3.90. The van der Waals surface area contributed by atoms with Gasteiger partial charge in [0.15, 0.2) is 0 Å². The Labute approximate surface area is 117 Å². The maximum Gasteiger partial charge on any atom is -0.0388 e. The molecule has 0 saturated heterocycles. The van der Waals surface area contributed by atoms with Crippen LogP contribution >= 0.6 is 0 Å². The maximum absolute atomic E-state index is 2.51. The molecule has 0 heteroatoms. The van der Waals surface area contributed by atoms with E-state index < -0.39 is 0 Å². The lowest BCUT2D eigenvalue weighted by atomic mass is 9.82. The van der Waals surface area contributed by atoms with Crippen molar-refractivity contribution in [1.29, 1.82) is 0 Å². The SMILES string of the molecule is CCCCCC(C)C(CCCCC)CCCCC. The molecule has 110 valence electrons. The number of hydrogen-bond acceptors (Lipinski definition) is 0. The van der Waals surface area contributed by atoms with Crippen LogP contribution in [-0.4, -0.2) is 0 Å². The zero-order chi connectivity index (χ0) is 13.6. The van der Waals surface area contributed by atoms with Gasteiger partial charge in [-0.05, 0) is 11.8 Å². The summed E-state index contributed by atoms with van der Waals surface area (Å²) in [6, 6.07) is 0. The smallest absolute Gasteiger partial charge is 0.0388 e. The first-order valence-electron chi connectivity index (χ1n) is 8.76. The van der Waals surface area contributed by atoms with Crippen molar-refractivity contribution < 1.29 is 0 Å². The molecule has 0 nitrogen and oxygen atoms in total. The third-order valence-electron chi connectivity index (χ3n) is 4.42. The van der Waals surface area contributed by atoms with Gasteiger partial charge in [-0.15, -0.1) is 0 Å². The monoisotopic (exact) mass is 254 g/mol. The second-order valence-electron chi connectivity index (χ2n) is 6.22. The highest BCUT2D eigenvalue weighted by atomic mass is 14.2. The zero-order valence-electron chi connectivity index (χ0n) is 13.6. The van der Waals surface area contributed by atoms with Gasteiger partial charge in [0.2, 0.25) is 0 Å². The Hall–Kier alpha value is 0. The third-order valence-corrected chi connectivity index (χ3v) is 4.42. The quantitative estimate of drug-likeness (QED) is 0.311. The summed E-state index contributed by atoms with van der Waals surface area (Å²) in [5.41, 5.74) is 0. The van der Waals surface area contributed by atoms with Crippen molar-refractivity contribution in [2.75, 3.05) is 0 Å². The van der Waals surface area contributed by atoms with Crippen molar-refractivity contribution in [3.63, 3.8) is 0 Å². The molecule has 0 fully saturated rings. The van der Waals surface area contributed by atoms with Gasteiger partial charge in [0.25, 0.3) is 0 Å². The molecule has 0 aromatic rings. The van der Waals surface area contributed by atoms with Crippen LogP contribution < -0.4 is 0 Å². The maximum atomic E-state index is 2.51. The molecule has 1 atom stereocenters. The summed E-state index contributed by atoms with van der Waals surface area (Å²) in [6.45, 7) is 9.45. The van der Waals surface area contributed by atoms with Gasteiger partial charge in [0.1, 0.15) is 0 Å². The van der Waals surface area contributed by atoms with Gasteiger partial charge < -0.3 is 0 Å². The molecule has 0 saturated carbocycles. The van der Waals surface area contributed by atoms with Gasteiger partial charge in [-0.1, -0.05) is 105 Å². The van der Waals surface area contributed by atoms with Crippen LogP contribution in [0.2, 0.25) is 0 Å². The summed E-state index contributed by atoms with van der Waals surface area (Å²) in [5, 5.41) is 0. The molecule has 18 heavy (non-hydrogen) atoms. The molecular weight excluding hydrogens is 216 g/mol. The number of unbranched alkanes of at least 4 members (excludes halogenated alkanes) is 6. The molecule has 0 aromatic heterocycles. The standard InChI is InChI=1S/C18H38/c1-5-8-11-14-17(4)18(15-12-9-6-2)16-13-10-7-3/h17-18H,5-16H2,1-4H3. The summed E-state index contributed by atoms with van der Waals surface area (Å²) in [4.78, 5) is 0. The fraction of sp³-hybridized carbons (Fsp3) is 1.00. The second kappa shape index (κ2) is 13.4. The van der Waals surface area contributed by atoms with E-state index in [4.69, 9.17) is 0 Å². The number of hydrogen-bond donors (Lipinski definition) is 0.